The van der Waals surface area contributed by atoms with Crippen molar-refractivity contribution in [3.8, 4) is 0 Å². The van der Waals surface area contributed by atoms with Crippen molar-refractivity contribution in [3.63, 3.8) is 0 Å². The molecule has 0 radical (unpaired) electrons. The fourth-order valence-corrected chi connectivity index (χ4v) is 1.23. The van der Waals surface area contributed by atoms with Crippen LogP contribution in [0.5, 0.6) is 0 Å². The van der Waals surface area contributed by atoms with Crippen molar-refractivity contribution < 1.29 is 8.78 Å². The van der Waals surface area contributed by atoms with Gasteiger partial charge in [-0.15, -0.1) is 0 Å². The number of nitrogens with one attached hydrogen (secondary N) is 1. The topological polar surface area (TPSA) is 50.9 Å². The first-order valence-corrected chi connectivity index (χ1v) is 4.85. The summed E-state index contributed by atoms with van der Waals surface area (Å²) in [6.07, 6.45) is 0.246. The number of nitrogens with two attached hydrogens (primary N) is 1. The Bertz CT molecular complexity index is 287. The number of halogens is 2. The highest BCUT2D eigenvalue weighted by atomic mass is 19.3. The minimum absolute atomic E-state index is 0.137. The van der Waals surface area contributed by atoms with Gasteiger partial charge in [-0.3, -0.25) is 16.3 Å². The number of alkyl halides is 2. The van der Waals surface area contributed by atoms with Gasteiger partial charge in [-0.2, -0.15) is 0 Å². The molecule has 0 saturated heterocycles. The van der Waals surface area contributed by atoms with E-state index in [1.165, 1.54) is 0 Å². The third-order valence-electron chi connectivity index (χ3n) is 2.24. The number of hydrazine groups is 1. The Kier molecular flexibility index (Phi) is 4.58. The second-order valence-electron chi connectivity index (χ2n) is 3.32. The fraction of sp³-hybridized carbons (Fsp3) is 0.500. The molecule has 0 bridgehead atoms. The van der Waals surface area contributed by atoms with Gasteiger partial charge in [-0.05, 0) is 18.1 Å². The Hall–Kier alpha value is -1.07. The van der Waals surface area contributed by atoms with E-state index in [2.05, 4.69) is 10.4 Å². The van der Waals surface area contributed by atoms with Gasteiger partial charge in [0.15, 0.2) is 0 Å². The van der Waals surface area contributed by atoms with Crippen molar-refractivity contribution in [1.29, 1.82) is 0 Å². The molecule has 3 N–H and O–H groups in total. The zero-order valence-corrected chi connectivity index (χ0v) is 8.58. The summed E-state index contributed by atoms with van der Waals surface area (Å²) in [5, 5.41) is 0. The summed E-state index contributed by atoms with van der Waals surface area (Å²) in [4.78, 5) is 4.09. The molecule has 5 heteroatoms. The van der Waals surface area contributed by atoms with E-state index in [-0.39, 0.29) is 6.42 Å². The number of aryl methyl sites for hydroxylation is 1. The molecule has 1 aromatic heterocycles. The van der Waals surface area contributed by atoms with E-state index >= 15 is 0 Å². The van der Waals surface area contributed by atoms with Crippen molar-refractivity contribution in [3.05, 3.63) is 29.6 Å². The molecule has 0 aliphatic carbocycles. The summed E-state index contributed by atoms with van der Waals surface area (Å²) in [7, 11) is 0. The first-order valence-electron chi connectivity index (χ1n) is 4.85. The average Bonchev–Trinajstić information content (AvgIpc) is 2.26. The molecule has 1 heterocycles. The maximum Gasteiger partial charge on any atom is 0.255 e. The molecule has 0 aliphatic heterocycles. The Labute approximate surface area is 87.7 Å². The molecule has 0 aliphatic rings. The zero-order valence-electron chi connectivity index (χ0n) is 8.58. The Balaban J connectivity index is 2.63. The Morgan fingerprint density at radius 2 is 2.20 bits per heavy atom. The molecule has 84 valence electrons. The maximum absolute atomic E-state index is 12.4. The van der Waals surface area contributed by atoms with Crippen LogP contribution < -0.4 is 11.3 Å². The lowest BCUT2D eigenvalue weighted by molar-refractivity contribution is 0.0980. The summed E-state index contributed by atoms with van der Waals surface area (Å²) >= 11 is 0. The minimum atomic E-state index is -2.48. The maximum atomic E-state index is 12.4. The minimum Gasteiger partial charge on any atom is -0.271 e. The Morgan fingerprint density at radius 1 is 1.47 bits per heavy atom. The molecule has 0 amide bonds. The number of nitrogens with zero attached hydrogens (tertiary/aromatic N) is 1. The van der Waals surface area contributed by atoms with Crippen LogP contribution in [0.15, 0.2) is 18.3 Å². The number of hydrogen-bond acceptors (Lipinski definition) is 3. The zero-order chi connectivity index (χ0) is 11.3. The van der Waals surface area contributed by atoms with E-state index in [1.807, 2.05) is 13.0 Å². The molecular weight excluding hydrogens is 200 g/mol. The molecule has 0 saturated carbocycles. The molecule has 1 atom stereocenters. The molecule has 0 aromatic carbocycles. The van der Waals surface area contributed by atoms with Crippen LogP contribution in [0.1, 0.15) is 18.2 Å². The fourth-order valence-electron chi connectivity index (χ4n) is 1.23. The number of aromatic nitrogens is 1. The highest BCUT2D eigenvalue weighted by Crippen LogP contribution is 2.08. The van der Waals surface area contributed by atoms with Crippen LogP contribution in [0.25, 0.3) is 0 Å². The molecule has 3 nitrogen and oxygen atoms in total. The predicted octanol–water partition coefficient (Wildman–Crippen LogP) is 1.28. The van der Waals surface area contributed by atoms with Crippen molar-refractivity contribution >= 4 is 0 Å². The quantitative estimate of drug-likeness (QED) is 0.574. The third-order valence-corrected chi connectivity index (χ3v) is 2.24. The lowest BCUT2D eigenvalue weighted by Crippen LogP contribution is -2.42. The lowest BCUT2D eigenvalue weighted by atomic mass is 10.1. The SMILES string of the molecule is CCc1ccc(CC(NN)C(F)F)nc1. The molecule has 1 rings (SSSR count). The summed E-state index contributed by atoms with van der Waals surface area (Å²) < 4.78 is 24.7. The summed E-state index contributed by atoms with van der Waals surface area (Å²) in [6.45, 7) is 2.01. The van der Waals surface area contributed by atoms with E-state index in [4.69, 9.17) is 5.84 Å². The van der Waals surface area contributed by atoms with E-state index < -0.39 is 12.5 Å². The molecular formula is C10H15F2N3. The predicted molar refractivity (Wildman–Crippen MR) is 54.4 cm³/mol. The van der Waals surface area contributed by atoms with Gasteiger partial charge in [0, 0.05) is 18.3 Å². The van der Waals surface area contributed by atoms with E-state index in [0.717, 1.165) is 12.0 Å². The van der Waals surface area contributed by atoms with E-state index in [0.29, 0.717) is 5.69 Å². The van der Waals surface area contributed by atoms with Crippen molar-refractivity contribution in [1.82, 2.24) is 10.4 Å². The lowest BCUT2D eigenvalue weighted by Gasteiger charge is -2.13. The molecule has 0 fully saturated rings. The second kappa shape index (κ2) is 5.72. The van der Waals surface area contributed by atoms with Gasteiger partial charge < -0.3 is 0 Å². The van der Waals surface area contributed by atoms with Gasteiger partial charge >= 0.3 is 0 Å². The van der Waals surface area contributed by atoms with Crippen LogP contribution in [0.4, 0.5) is 8.78 Å². The summed E-state index contributed by atoms with van der Waals surface area (Å²) in [5.41, 5.74) is 3.80. The largest absolute Gasteiger partial charge is 0.271 e. The highest BCUT2D eigenvalue weighted by Gasteiger charge is 2.19. The van der Waals surface area contributed by atoms with Crippen LogP contribution in [-0.2, 0) is 12.8 Å². The standard InChI is InChI=1S/C10H15F2N3/c1-2-7-3-4-8(14-6-7)5-9(15-13)10(11)12/h3-4,6,9-10,15H,2,5,13H2,1H3. The average molecular weight is 215 g/mol. The highest BCUT2D eigenvalue weighted by molar-refractivity contribution is 5.14. The monoisotopic (exact) mass is 215 g/mol. The number of hydrogen-bond donors (Lipinski definition) is 2. The van der Waals surface area contributed by atoms with Crippen molar-refractivity contribution in [2.45, 2.75) is 32.2 Å². The Morgan fingerprint density at radius 3 is 2.60 bits per heavy atom. The van der Waals surface area contributed by atoms with Gasteiger partial charge in [-0.1, -0.05) is 13.0 Å². The normalized spacial score (nSPS) is 13.1. The number of rotatable bonds is 5. The molecule has 0 spiro atoms. The first kappa shape index (κ1) is 12.0. The van der Waals surface area contributed by atoms with E-state index in [9.17, 15) is 8.78 Å². The van der Waals surface area contributed by atoms with Gasteiger partial charge in [0.1, 0.15) is 0 Å². The van der Waals surface area contributed by atoms with Crippen LogP contribution in [0, 0.1) is 0 Å². The molecule has 1 aromatic rings. The second-order valence-corrected chi connectivity index (χ2v) is 3.32. The van der Waals surface area contributed by atoms with Crippen LogP contribution in [0.2, 0.25) is 0 Å². The van der Waals surface area contributed by atoms with Crippen molar-refractivity contribution in [2.24, 2.45) is 5.84 Å². The van der Waals surface area contributed by atoms with Gasteiger partial charge in [0.25, 0.3) is 6.43 Å². The summed E-state index contributed by atoms with van der Waals surface area (Å²) in [5.74, 6) is 5.02. The summed E-state index contributed by atoms with van der Waals surface area (Å²) in [6, 6.07) is 2.61. The van der Waals surface area contributed by atoms with Crippen molar-refractivity contribution in [2.75, 3.05) is 0 Å². The van der Waals surface area contributed by atoms with Crippen LogP contribution >= 0.6 is 0 Å². The van der Waals surface area contributed by atoms with Gasteiger partial charge in [-0.25, -0.2) is 8.78 Å². The van der Waals surface area contributed by atoms with Gasteiger partial charge in [0.05, 0.1) is 6.04 Å². The third kappa shape index (κ3) is 3.53. The molecule has 15 heavy (non-hydrogen) atoms. The molecule has 1 unspecified atom stereocenters. The first-order chi connectivity index (χ1) is 7.17. The smallest absolute Gasteiger partial charge is 0.255 e. The number of pyridine rings is 1. The van der Waals surface area contributed by atoms with Crippen LogP contribution in [0.3, 0.4) is 0 Å². The van der Waals surface area contributed by atoms with E-state index in [1.54, 1.807) is 12.3 Å². The van der Waals surface area contributed by atoms with Gasteiger partial charge in [0.2, 0.25) is 0 Å². The van der Waals surface area contributed by atoms with Crippen LogP contribution in [-0.4, -0.2) is 17.5 Å².